The number of hydrogen-bond donors (Lipinski definition) is 1. The van der Waals surface area contributed by atoms with Gasteiger partial charge in [-0.05, 0) is 12.0 Å². The average Bonchev–Trinajstić information content (AvgIpc) is 2.38. The first kappa shape index (κ1) is 13.4. The van der Waals surface area contributed by atoms with E-state index in [2.05, 4.69) is 21.2 Å². The number of hydrogen-bond acceptors (Lipinski definition) is 2. The maximum atomic E-state index is 12.1. The molecule has 2 rings (SSSR count). The van der Waals surface area contributed by atoms with Crippen LogP contribution in [-0.2, 0) is 4.79 Å². The van der Waals surface area contributed by atoms with Gasteiger partial charge in [0.05, 0.1) is 17.5 Å². The molecule has 1 amide bonds. The molecule has 3 nitrogen and oxygen atoms in total. The van der Waals surface area contributed by atoms with Gasteiger partial charge in [0.1, 0.15) is 5.75 Å². The van der Waals surface area contributed by atoms with Gasteiger partial charge in [0, 0.05) is 12.0 Å². The minimum Gasteiger partial charge on any atom is -0.493 e. The Kier molecular flexibility index (Phi) is 4.27. The van der Waals surface area contributed by atoms with Crippen molar-refractivity contribution >= 4 is 21.8 Å². The Hall–Kier alpha value is -1.03. The summed E-state index contributed by atoms with van der Waals surface area (Å²) in [4.78, 5) is 11.9. The van der Waals surface area contributed by atoms with E-state index in [9.17, 15) is 4.79 Å². The lowest BCUT2D eigenvalue weighted by molar-refractivity contribution is -0.122. The number of fused-ring (bicyclic) bond motifs is 1. The topological polar surface area (TPSA) is 38.3 Å². The second kappa shape index (κ2) is 5.74. The van der Waals surface area contributed by atoms with E-state index in [4.69, 9.17) is 4.74 Å². The van der Waals surface area contributed by atoms with Gasteiger partial charge in [-0.15, -0.1) is 0 Å². The zero-order valence-corrected chi connectivity index (χ0v) is 12.2. The summed E-state index contributed by atoms with van der Waals surface area (Å²) in [5.74, 6) is 1.21. The number of benzene rings is 1. The molecule has 1 heterocycles. The quantitative estimate of drug-likeness (QED) is 0.871. The summed E-state index contributed by atoms with van der Waals surface area (Å²) in [5.41, 5.74) is 1.07. The number of halogens is 1. The number of alkyl halides is 1. The number of carbonyl (C=O) groups is 1. The van der Waals surface area contributed by atoms with Crippen LogP contribution in [0.4, 0.5) is 0 Å². The van der Waals surface area contributed by atoms with Crippen LogP contribution in [0.1, 0.15) is 31.9 Å². The fourth-order valence-electron chi connectivity index (χ4n) is 2.05. The summed E-state index contributed by atoms with van der Waals surface area (Å²) in [5, 5.41) is 3.09. The Labute approximate surface area is 116 Å². The summed E-state index contributed by atoms with van der Waals surface area (Å²) in [6.07, 6.45) is 0.820. The summed E-state index contributed by atoms with van der Waals surface area (Å²) in [6.45, 7) is 4.70. The molecule has 0 saturated carbocycles. The summed E-state index contributed by atoms with van der Waals surface area (Å²) in [7, 11) is 0. The Bertz CT molecular complexity index is 434. The van der Waals surface area contributed by atoms with Gasteiger partial charge in [0.25, 0.3) is 0 Å². The number of carbonyl (C=O) groups excluding carboxylic acids is 1. The van der Waals surface area contributed by atoms with Gasteiger partial charge in [-0.25, -0.2) is 0 Å². The van der Waals surface area contributed by atoms with E-state index in [1.54, 1.807) is 0 Å². The van der Waals surface area contributed by atoms with E-state index in [1.807, 2.05) is 38.1 Å². The fourth-order valence-corrected chi connectivity index (χ4v) is 2.18. The van der Waals surface area contributed by atoms with Crippen molar-refractivity contribution in [2.75, 3.05) is 6.61 Å². The van der Waals surface area contributed by atoms with Crippen molar-refractivity contribution in [3.05, 3.63) is 29.8 Å². The molecule has 1 aliphatic heterocycles. The number of amides is 1. The molecule has 0 aromatic heterocycles. The van der Waals surface area contributed by atoms with Crippen LogP contribution in [0, 0.1) is 5.92 Å². The molecule has 0 bridgehead atoms. The van der Waals surface area contributed by atoms with Crippen molar-refractivity contribution in [1.29, 1.82) is 0 Å². The molecule has 1 aromatic rings. The molecule has 0 unspecified atom stereocenters. The van der Waals surface area contributed by atoms with E-state index in [1.165, 1.54) is 0 Å². The first-order valence-electron chi connectivity index (χ1n) is 6.25. The Morgan fingerprint density at radius 1 is 1.44 bits per heavy atom. The predicted molar refractivity (Wildman–Crippen MR) is 75.0 cm³/mol. The van der Waals surface area contributed by atoms with E-state index in [-0.39, 0.29) is 22.7 Å². The molecule has 0 radical (unpaired) electrons. The molecular weight excluding hydrogens is 294 g/mol. The van der Waals surface area contributed by atoms with Gasteiger partial charge >= 0.3 is 0 Å². The van der Waals surface area contributed by atoms with Crippen molar-refractivity contribution in [2.45, 2.75) is 31.1 Å². The highest BCUT2D eigenvalue weighted by molar-refractivity contribution is 9.10. The highest BCUT2D eigenvalue weighted by Crippen LogP contribution is 2.31. The number of ether oxygens (including phenoxy) is 1. The van der Waals surface area contributed by atoms with E-state index in [0.717, 1.165) is 17.7 Å². The minimum absolute atomic E-state index is 0.0479. The highest BCUT2D eigenvalue weighted by Gasteiger charge is 2.26. The monoisotopic (exact) mass is 311 g/mol. The molecule has 0 aliphatic carbocycles. The van der Waals surface area contributed by atoms with Gasteiger partial charge < -0.3 is 10.1 Å². The van der Waals surface area contributed by atoms with Crippen molar-refractivity contribution in [3.63, 3.8) is 0 Å². The van der Waals surface area contributed by atoms with Crippen LogP contribution in [-0.4, -0.2) is 17.3 Å². The van der Waals surface area contributed by atoms with Crippen LogP contribution in [0.5, 0.6) is 5.75 Å². The van der Waals surface area contributed by atoms with E-state index >= 15 is 0 Å². The van der Waals surface area contributed by atoms with Gasteiger partial charge in [-0.2, -0.15) is 0 Å². The maximum absolute atomic E-state index is 12.1. The van der Waals surface area contributed by atoms with Gasteiger partial charge in [0.15, 0.2) is 0 Å². The molecule has 0 spiro atoms. The number of rotatable bonds is 3. The van der Waals surface area contributed by atoms with E-state index in [0.29, 0.717) is 6.61 Å². The Morgan fingerprint density at radius 2 is 2.17 bits per heavy atom. The van der Waals surface area contributed by atoms with Crippen LogP contribution >= 0.6 is 15.9 Å². The van der Waals surface area contributed by atoms with Crippen LogP contribution in [0.25, 0.3) is 0 Å². The normalized spacial score (nSPS) is 19.9. The first-order chi connectivity index (χ1) is 8.59. The minimum atomic E-state index is -0.146. The summed E-state index contributed by atoms with van der Waals surface area (Å²) in [6, 6.07) is 7.94. The lowest BCUT2D eigenvalue weighted by atomic mass is 10.00. The third-order valence-corrected chi connectivity index (χ3v) is 4.58. The van der Waals surface area contributed by atoms with Gasteiger partial charge in [-0.1, -0.05) is 48.0 Å². The average molecular weight is 312 g/mol. The lowest BCUT2D eigenvalue weighted by Crippen LogP contribution is -2.38. The molecule has 2 atom stereocenters. The molecule has 4 heteroatoms. The second-order valence-electron chi connectivity index (χ2n) is 4.88. The van der Waals surface area contributed by atoms with Gasteiger partial charge in [-0.3, -0.25) is 4.79 Å². The molecule has 0 fully saturated rings. The van der Waals surface area contributed by atoms with Crippen LogP contribution in [0.2, 0.25) is 0 Å². The largest absolute Gasteiger partial charge is 0.493 e. The Balaban J connectivity index is 2.10. The summed E-state index contributed by atoms with van der Waals surface area (Å²) >= 11 is 3.43. The standard InChI is InChI=1S/C14H18BrNO2/c1-9(2)13(15)14(17)16-11-7-8-18-12-6-4-3-5-10(11)12/h3-6,9,11,13H,7-8H2,1-2H3,(H,16,17)/t11-,13-/m0/s1. The summed E-state index contributed by atoms with van der Waals surface area (Å²) < 4.78 is 5.58. The molecule has 0 saturated heterocycles. The van der Waals surface area contributed by atoms with Crippen LogP contribution in [0.3, 0.4) is 0 Å². The molecule has 1 aromatic carbocycles. The van der Waals surface area contributed by atoms with Crippen molar-refractivity contribution < 1.29 is 9.53 Å². The number of nitrogens with one attached hydrogen (secondary N) is 1. The molecule has 1 aliphatic rings. The van der Waals surface area contributed by atoms with E-state index < -0.39 is 0 Å². The highest BCUT2D eigenvalue weighted by atomic mass is 79.9. The molecule has 1 N–H and O–H groups in total. The van der Waals surface area contributed by atoms with Crippen LogP contribution < -0.4 is 10.1 Å². The smallest absolute Gasteiger partial charge is 0.234 e. The third-order valence-electron chi connectivity index (χ3n) is 3.11. The first-order valence-corrected chi connectivity index (χ1v) is 7.17. The molecular formula is C14H18BrNO2. The van der Waals surface area contributed by atoms with Crippen molar-refractivity contribution in [3.8, 4) is 5.75 Å². The number of para-hydroxylation sites is 1. The fraction of sp³-hybridized carbons (Fsp3) is 0.500. The maximum Gasteiger partial charge on any atom is 0.234 e. The SMILES string of the molecule is CC(C)[C@H](Br)C(=O)N[C@H]1CCOc2ccccc21. The zero-order valence-electron chi connectivity index (χ0n) is 10.7. The third kappa shape index (κ3) is 2.86. The molecule has 18 heavy (non-hydrogen) atoms. The second-order valence-corrected chi connectivity index (χ2v) is 5.87. The van der Waals surface area contributed by atoms with Crippen LogP contribution in [0.15, 0.2) is 24.3 Å². The zero-order chi connectivity index (χ0) is 13.1. The van der Waals surface area contributed by atoms with Crippen molar-refractivity contribution in [2.24, 2.45) is 5.92 Å². The predicted octanol–water partition coefficient (Wildman–Crippen LogP) is 3.05. The lowest BCUT2D eigenvalue weighted by Gasteiger charge is -2.27. The Morgan fingerprint density at radius 3 is 2.89 bits per heavy atom. The van der Waals surface area contributed by atoms with Gasteiger partial charge in [0.2, 0.25) is 5.91 Å². The molecule has 98 valence electrons. The van der Waals surface area contributed by atoms with Crippen molar-refractivity contribution in [1.82, 2.24) is 5.32 Å².